The van der Waals surface area contributed by atoms with Crippen molar-refractivity contribution in [2.24, 2.45) is 0 Å². The molecule has 0 bridgehead atoms. The van der Waals surface area contributed by atoms with Gasteiger partial charge in [-0.05, 0) is 77.9 Å². The van der Waals surface area contributed by atoms with Crippen molar-refractivity contribution in [3.05, 3.63) is 176 Å². The summed E-state index contributed by atoms with van der Waals surface area (Å²) in [5, 5.41) is 10.3. The van der Waals surface area contributed by atoms with E-state index in [1.54, 1.807) is 0 Å². The van der Waals surface area contributed by atoms with Crippen LogP contribution in [0, 0.1) is 0 Å². The maximum atomic E-state index is 2.50. The number of aromatic nitrogens is 3. The number of para-hydroxylation sites is 5. The van der Waals surface area contributed by atoms with Crippen LogP contribution in [0.3, 0.4) is 0 Å². The second kappa shape index (κ2) is 9.87. The van der Waals surface area contributed by atoms with Gasteiger partial charge >= 0.3 is 0 Å². The van der Waals surface area contributed by atoms with Crippen molar-refractivity contribution in [2.75, 3.05) is 0 Å². The Kier molecular flexibility index (Phi) is 5.23. The van der Waals surface area contributed by atoms with Gasteiger partial charge in [0.15, 0.2) is 0 Å². The van der Waals surface area contributed by atoms with Crippen LogP contribution < -0.4 is 0 Å². The molecule has 0 saturated heterocycles. The predicted octanol–water partition coefficient (Wildman–Crippen LogP) is 12.7. The van der Waals surface area contributed by atoms with Crippen LogP contribution in [0.25, 0.3) is 104 Å². The predicted molar refractivity (Wildman–Crippen MR) is 215 cm³/mol. The third-order valence-electron chi connectivity index (χ3n) is 11.1. The standard InChI is InChI=1S/C48H29N3/c1-3-14-31(15-4-1)49-41-23-11-8-19-35(41)45-33(21-13-25-44(45)49)30-26-27-43-37(28-30)39-29-38-34-18-7-10-22-40(34)51-42-24-12-9-20-36(42)46(48(38)51)47(39)50(43)32-16-5-2-6-17-32/h1-29H. The fourth-order valence-electron chi connectivity index (χ4n) is 9.14. The Hall–Kier alpha value is -6.84. The fourth-order valence-corrected chi connectivity index (χ4v) is 9.14. The van der Waals surface area contributed by atoms with Gasteiger partial charge in [-0.2, -0.15) is 0 Å². The monoisotopic (exact) mass is 647 g/mol. The number of hydrogen-bond acceptors (Lipinski definition) is 0. The summed E-state index contributed by atoms with van der Waals surface area (Å²) in [6.45, 7) is 0. The van der Waals surface area contributed by atoms with Crippen molar-refractivity contribution in [3.8, 4) is 22.5 Å². The van der Waals surface area contributed by atoms with Gasteiger partial charge < -0.3 is 13.5 Å². The maximum absolute atomic E-state index is 2.50. The molecule has 0 fully saturated rings. The third kappa shape index (κ3) is 3.47. The molecule has 0 aliphatic heterocycles. The molecule has 0 amide bonds. The van der Waals surface area contributed by atoms with Crippen molar-refractivity contribution < 1.29 is 0 Å². The molecular formula is C48H29N3. The van der Waals surface area contributed by atoms with Crippen LogP contribution in [0.5, 0.6) is 0 Å². The Balaban J connectivity index is 1.25. The molecule has 8 aromatic carbocycles. The average Bonchev–Trinajstić information content (AvgIpc) is 3.92. The van der Waals surface area contributed by atoms with E-state index in [1.807, 2.05) is 0 Å². The summed E-state index contributed by atoms with van der Waals surface area (Å²) < 4.78 is 7.38. The molecule has 3 nitrogen and oxygen atoms in total. The van der Waals surface area contributed by atoms with Crippen LogP contribution in [-0.2, 0) is 0 Å². The summed E-state index contributed by atoms with van der Waals surface area (Å²) in [6, 6.07) is 64.5. The molecule has 4 aromatic heterocycles. The lowest BCUT2D eigenvalue weighted by Gasteiger charge is -2.10. The summed E-state index contributed by atoms with van der Waals surface area (Å²) in [5.41, 5.74) is 13.5. The lowest BCUT2D eigenvalue weighted by molar-refractivity contribution is 1.18. The summed E-state index contributed by atoms with van der Waals surface area (Å²) in [5.74, 6) is 0. The van der Waals surface area contributed by atoms with Gasteiger partial charge in [-0.25, -0.2) is 0 Å². The first-order valence-corrected chi connectivity index (χ1v) is 17.6. The first-order valence-electron chi connectivity index (χ1n) is 17.6. The highest BCUT2D eigenvalue weighted by Crippen LogP contribution is 2.47. The first kappa shape index (κ1) is 27.0. The van der Waals surface area contributed by atoms with E-state index < -0.39 is 0 Å². The van der Waals surface area contributed by atoms with E-state index in [9.17, 15) is 0 Å². The zero-order chi connectivity index (χ0) is 33.2. The Morgan fingerprint density at radius 2 is 0.843 bits per heavy atom. The van der Waals surface area contributed by atoms with Crippen molar-refractivity contribution in [1.82, 2.24) is 13.5 Å². The van der Waals surface area contributed by atoms with Crippen molar-refractivity contribution in [3.63, 3.8) is 0 Å². The maximum Gasteiger partial charge on any atom is 0.0642 e. The molecule has 0 saturated carbocycles. The number of rotatable bonds is 3. The van der Waals surface area contributed by atoms with Crippen molar-refractivity contribution >= 4 is 81.7 Å². The highest BCUT2D eigenvalue weighted by molar-refractivity contribution is 6.34. The van der Waals surface area contributed by atoms with Crippen LogP contribution >= 0.6 is 0 Å². The molecule has 0 radical (unpaired) electrons. The summed E-state index contributed by atoms with van der Waals surface area (Å²) in [6.07, 6.45) is 0. The van der Waals surface area contributed by atoms with Crippen LogP contribution in [0.15, 0.2) is 176 Å². The van der Waals surface area contributed by atoms with E-state index >= 15 is 0 Å². The third-order valence-corrected chi connectivity index (χ3v) is 11.1. The van der Waals surface area contributed by atoms with Gasteiger partial charge in [-0.15, -0.1) is 0 Å². The van der Waals surface area contributed by atoms with Gasteiger partial charge in [0, 0.05) is 54.5 Å². The zero-order valence-corrected chi connectivity index (χ0v) is 27.6. The quantitative estimate of drug-likeness (QED) is 0.181. The van der Waals surface area contributed by atoms with Gasteiger partial charge in [-0.3, -0.25) is 0 Å². The average molecular weight is 648 g/mol. The topological polar surface area (TPSA) is 14.3 Å². The molecule has 12 rings (SSSR count). The van der Waals surface area contributed by atoms with Crippen molar-refractivity contribution in [1.29, 1.82) is 0 Å². The molecular weight excluding hydrogens is 619 g/mol. The first-order chi connectivity index (χ1) is 25.3. The summed E-state index contributed by atoms with van der Waals surface area (Å²) >= 11 is 0. The smallest absolute Gasteiger partial charge is 0.0642 e. The van der Waals surface area contributed by atoms with E-state index in [0.717, 1.165) is 0 Å². The minimum absolute atomic E-state index is 1.17. The van der Waals surface area contributed by atoms with Crippen LogP contribution in [0.2, 0.25) is 0 Å². The van der Waals surface area contributed by atoms with Gasteiger partial charge in [0.1, 0.15) is 0 Å². The molecule has 12 aromatic rings. The number of fused-ring (bicyclic) bond motifs is 13. The van der Waals surface area contributed by atoms with Gasteiger partial charge in [0.2, 0.25) is 0 Å². The fraction of sp³-hybridized carbons (Fsp3) is 0. The molecule has 236 valence electrons. The van der Waals surface area contributed by atoms with Gasteiger partial charge in [0.05, 0.1) is 38.6 Å². The lowest BCUT2D eigenvalue weighted by Crippen LogP contribution is -1.94. The van der Waals surface area contributed by atoms with E-state index in [4.69, 9.17) is 0 Å². The van der Waals surface area contributed by atoms with E-state index in [0.29, 0.717) is 0 Å². The SMILES string of the molecule is c1ccc(-n2c3ccccc3c3c(-c4ccc5c(c4)c4cc6c7ccccc7n7c8ccccc8c(c4n5-c4ccccc4)c67)cccc32)cc1. The summed E-state index contributed by atoms with van der Waals surface area (Å²) in [7, 11) is 0. The van der Waals surface area contributed by atoms with Crippen LogP contribution in [0.4, 0.5) is 0 Å². The molecule has 0 aliphatic rings. The van der Waals surface area contributed by atoms with Crippen molar-refractivity contribution in [2.45, 2.75) is 0 Å². The Morgan fingerprint density at radius 3 is 1.59 bits per heavy atom. The van der Waals surface area contributed by atoms with E-state index in [2.05, 4.69) is 189 Å². The second-order valence-corrected chi connectivity index (χ2v) is 13.7. The minimum atomic E-state index is 1.17. The molecule has 4 heterocycles. The molecule has 0 aliphatic carbocycles. The number of hydrogen-bond donors (Lipinski definition) is 0. The normalized spacial score (nSPS) is 12.3. The van der Waals surface area contributed by atoms with E-state index in [1.165, 1.54) is 104 Å². The minimum Gasteiger partial charge on any atom is -0.309 e. The molecule has 51 heavy (non-hydrogen) atoms. The number of nitrogens with zero attached hydrogens (tertiary/aromatic N) is 3. The van der Waals surface area contributed by atoms with Crippen LogP contribution in [0.1, 0.15) is 0 Å². The molecule has 0 unspecified atom stereocenters. The van der Waals surface area contributed by atoms with E-state index in [-0.39, 0.29) is 0 Å². The molecule has 0 N–H and O–H groups in total. The Labute approximate surface area is 292 Å². The van der Waals surface area contributed by atoms with Crippen LogP contribution in [-0.4, -0.2) is 13.5 Å². The largest absolute Gasteiger partial charge is 0.309 e. The summed E-state index contributed by atoms with van der Waals surface area (Å²) in [4.78, 5) is 0. The molecule has 0 spiro atoms. The highest BCUT2D eigenvalue weighted by atomic mass is 15.0. The Morgan fingerprint density at radius 1 is 0.294 bits per heavy atom. The Bertz CT molecular complexity index is 3340. The zero-order valence-electron chi connectivity index (χ0n) is 27.6. The van der Waals surface area contributed by atoms with Gasteiger partial charge in [0.25, 0.3) is 0 Å². The highest BCUT2D eigenvalue weighted by Gasteiger charge is 2.25. The lowest BCUT2D eigenvalue weighted by atomic mass is 9.97. The number of benzene rings is 8. The van der Waals surface area contributed by atoms with Gasteiger partial charge in [-0.1, -0.05) is 109 Å². The molecule has 3 heteroatoms. The molecule has 0 atom stereocenters. The second-order valence-electron chi connectivity index (χ2n) is 13.7.